The minimum atomic E-state index is -1.24. The minimum Gasteiger partial charge on any atom is -0.285 e. The van der Waals surface area contributed by atoms with Crippen molar-refractivity contribution in [3.8, 4) is 0 Å². The van der Waals surface area contributed by atoms with E-state index in [-0.39, 0.29) is 5.25 Å². The first-order valence-corrected chi connectivity index (χ1v) is 6.43. The van der Waals surface area contributed by atoms with Crippen LogP contribution in [-0.2, 0) is 11.0 Å². The van der Waals surface area contributed by atoms with Crippen molar-refractivity contribution < 1.29 is 4.21 Å². The fraction of sp³-hybridized carbons (Fsp3) is 0.700. The third-order valence-electron chi connectivity index (χ3n) is 2.73. The van der Waals surface area contributed by atoms with Crippen molar-refractivity contribution in [1.29, 1.82) is 0 Å². The van der Waals surface area contributed by atoms with Gasteiger partial charge in [-0.3, -0.25) is 10.2 Å². The number of nitrogens with two attached hydrogens (primary N) is 1. The Morgan fingerprint density at radius 1 is 1.53 bits per heavy atom. The van der Waals surface area contributed by atoms with Gasteiger partial charge >= 0.3 is 0 Å². The molecule has 0 aliphatic carbocycles. The molecule has 0 aromatic carbocycles. The molecule has 86 valence electrons. The molecule has 1 aromatic rings. The maximum absolute atomic E-state index is 11.1. The SMILES string of the molecule is CC(C)[C@H](CC(C)S(N)=O)c1cn[nH]c1. The second-order valence-corrected chi connectivity index (χ2v) is 5.72. The monoisotopic (exact) mass is 229 g/mol. The Kier molecular flexibility index (Phi) is 4.47. The molecule has 5 heteroatoms. The highest BCUT2D eigenvalue weighted by Gasteiger charge is 2.21. The van der Waals surface area contributed by atoms with Crippen LogP contribution in [0.5, 0.6) is 0 Å². The van der Waals surface area contributed by atoms with Gasteiger partial charge in [-0.15, -0.1) is 0 Å². The van der Waals surface area contributed by atoms with Gasteiger partial charge in [-0.05, 0) is 30.7 Å². The van der Waals surface area contributed by atoms with Crippen LogP contribution in [0.25, 0.3) is 0 Å². The first kappa shape index (κ1) is 12.4. The Morgan fingerprint density at radius 3 is 2.60 bits per heavy atom. The fourth-order valence-corrected chi connectivity index (χ4v) is 2.11. The molecule has 1 rings (SSSR count). The second-order valence-electron chi connectivity index (χ2n) is 4.26. The summed E-state index contributed by atoms with van der Waals surface area (Å²) in [5, 5.41) is 12.2. The maximum atomic E-state index is 11.1. The van der Waals surface area contributed by atoms with Gasteiger partial charge in [0, 0.05) is 11.4 Å². The molecule has 0 saturated heterocycles. The maximum Gasteiger partial charge on any atom is 0.0917 e. The van der Waals surface area contributed by atoms with E-state index in [1.54, 1.807) is 0 Å². The molecule has 0 saturated carbocycles. The van der Waals surface area contributed by atoms with Gasteiger partial charge in [0.15, 0.2) is 0 Å². The molecule has 4 nitrogen and oxygen atoms in total. The number of H-pyrrole nitrogens is 1. The first-order valence-electron chi connectivity index (χ1n) is 5.16. The highest BCUT2D eigenvalue weighted by Crippen LogP contribution is 2.29. The van der Waals surface area contributed by atoms with Gasteiger partial charge in [-0.2, -0.15) is 5.10 Å². The van der Waals surface area contributed by atoms with E-state index < -0.39 is 11.0 Å². The van der Waals surface area contributed by atoms with Gasteiger partial charge in [0.1, 0.15) is 0 Å². The van der Waals surface area contributed by atoms with Crippen molar-refractivity contribution in [3.63, 3.8) is 0 Å². The third-order valence-corrected chi connectivity index (χ3v) is 3.72. The van der Waals surface area contributed by atoms with Gasteiger partial charge < -0.3 is 0 Å². The van der Waals surface area contributed by atoms with E-state index in [0.29, 0.717) is 11.8 Å². The molecular formula is C10H19N3OS. The number of aromatic amines is 1. The number of hydrogen-bond acceptors (Lipinski definition) is 2. The zero-order chi connectivity index (χ0) is 11.4. The lowest BCUT2D eigenvalue weighted by Gasteiger charge is -2.21. The highest BCUT2D eigenvalue weighted by molar-refractivity contribution is 7.83. The quantitative estimate of drug-likeness (QED) is 0.804. The molecule has 0 amide bonds. The Balaban J connectivity index is 2.72. The van der Waals surface area contributed by atoms with Gasteiger partial charge in [0.2, 0.25) is 0 Å². The second kappa shape index (κ2) is 5.42. The molecule has 2 unspecified atom stereocenters. The van der Waals surface area contributed by atoms with Gasteiger partial charge in [-0.1, -0.05) is 13.8 Å². The fourth-order valence-electron chi connectivity index (χ4n) is 1.71. The van der Waals surface area contributed by atoms with E-state index in [1.165, 1.54) is 5.56 Å². The normalized spacial score (nSPS) is 17.7. The third kappa shape index (κ3) is 3.43. The molecular weight excluding hydrogens is 210 g/mol. The number of aromatic nitrogens is 2. The zero-order valence-electron chi connectivity index (χ0n) is 9.43. The van der Waals surface area contributed by atoms with E-state index in [9.17, 15) is 4.21 Å². The molecule has 0 aliphatic heterocycles. The van der Waals surface area contributed by atoms with Crippen molar-refractivity contribution in [2.24, 2.45) is 11.1 Å². The molecule has 1 heterocycles. The number of nitrogens with one attached hydrogen (secondary N) is 1. The van der Waals surface area contributed by atoms with Crippen LogP contribution in [0.1, 0.15) is 38.7 Å². The van der Waals surface area contributed by atoms with Gasteiger partial charge in [0.05, 0.1) is 17.2 Å². The summed E-state index contributed by atoms with van der Waals surface area (Å²) in [6, 6.07) is 0. The molecule has 3 N–H and O–H groups in total. The van der Waals surface area contributed by atoms with Crippen LogP contribution in [0.3, 0.4) is 0 Å². The summed E-state index contributed by atoms with van der Waals surface area (Å²) in [5.41, 5.74) is 1.17. The lowest BCUT2D eigenvalue weighted by atomic mass is 9.87. The average molecular weight is 229 g/mol. The molecule has 15 heavy (non-hydrogen) atoms. The molecule has 0 spiro atoms. The van der Waals surface area contributed by atoms with Crippen molar-refractivity contribution >= 4 is 11.0 Å². The van der Waals surface area contributed by atoms with E-state index >= 15 is 0 Å². The van der Waals surface area contributed by atoms with Crippen LogP contribution in [0.2, 0.25) is 0 Å². The number of rotatable bonds is 5. The van der Waals surface area contributed by atoms with E-state index in [0.717, 1.165) is 6.42 Å². The summed E-state index contributed by atoms with van der Waals surface area (Å²) < 4.78 is 11.1. The Bertz CT molecular complexity index is 310. The van der Waals surface area contributed by atoms with Crippen LogP contribution >= 0.6 is 0 Å². The smallest absolute Gasteiger partial charge is 0.0917 e. The first-order chi connectivity index (χ1) is 7.02. The summed E-state index contributed by atoms with van der Waals surface area (Å²) >= 11 is 0. The Labute approximate surface area is 93.2 Å². The van der Waals surface area contributed by atoms with Gasteiger partial charge in [-0.25, -0.2) is 4.21 Å². The average Bonchev–Trinajstić information content (AvgIpc) is 2.65. The zero-order valence-corrected chi connectivity index (χ0v) is 10.3. The predicted molar refractivity (Wildman–Crippen MR) is 62.6 cm³/mol. The van der Waals surface area contributed by atoms with E-state index in [1.807, 2.05) is 19.3 Å². The molecule has 0 fully saturated rings. The predicted octanol–water partition coefficient (Wildman–Crippen LogP) is 1.55. The van der Waals surface area contributed by atoms with Crippen LogP contribution in [0.4, 0.5) is 0 Å². The highest BCUT2D eigenvalue weighted by atomic mass is 32.2. The summed E-state index contributed by atoms with van der Waals surface area (Å²) in [6.07, 6.45) is 4.56. The lowest BCUT2D eigenvalue weighted by Crippen LogP contribution is -2.22. The largest absolute Gasteiger partial charge is 0.285 e. The summed E-state index contributed by atoms with van der Waals surface area (Å²) in [5.74, 6) is 0.861. The molecule has 0 aliphatic rings. The van der Waals surface area contributed by atoms with Crippen LogP contribution in [-0.4, -0.2) is 19.7 Å². The van der Waals surface area contributed by atoms with Crippen molar-refractivity contribution in [2.75, 3.05) is 0 Å². The standard InChI is InChI=1S/C10H19N3OS/c1-7(2)10(4-8(3)15(11)14)9-5-12-13-6-9/h5-8,10H,4,11H2,1-3H3,(H,12,13)/t8?,10-,15?/m0/s1. The van der Waals surface area contributed by atoms with E-state index in [2.05, 4.69) is 24.0 Å². The summed E-state index contributed by atoms with van der Waals surface area (Å²) in [4.78, 5) is 0. The molecule has 0 bridgehead atoms. The minimum absolute atomic E-state index is 0.0206. The lowest BCUT2D eigenvalue weighted by molar-refractivity contribution is 0.465. The molecule has 3 atom stereocenters. The Hall–Kier alpha value is -0.680. The summed E-state index contributed by atoms with van der Waals surface area (Å²) in [6.45, 7) is 6.24. The van der Waals surface area contributed by atoms with Crippen LogP contribution < -0.4 is 5.14 Å². The summed E-state index contributed by atoms with van der Waals surface area (Å²) in [7, 11) is -1.24. The molecule has 0 radical (unpaired) electrons. The van der Waals surface area contributed by atoms with Crippen molar-refractivity contribution in [1.82, 2.24) is 10.2 Å². The van der Waals surface area contributed by atoms with E-state index in [4.69, 9.17) is 5.14 Å². The van der Waals surface area contributed by atoms with Crippen molar-refractivity contribution in [3.05, 3.63) is 18.0 Å². The topological polar surface area (TPSA) is 71.8 Å². The van der Waals surface area contributed by atoms with Crippen LogP contribution in [0.15, 0.2) is 12.4 Å². The van der Waals surface area contributed by atoms with Crippen LogP contribution in [0, 0.1) is 5.92 Å². The Morgan fingerprint density at radius 2 is 2.20 bits per heavy atom. The molecule has 1 aromatic heterocycles. The van der Waals surface area contributed by atoms with Gasteiger partial charge in [0.25, 0.3) is 0 Å². The van der Waals surface area contributed by atoms with Crippen molar-refractivity contribution in [2.45, 2.75) is 38.4 Å². The number of nitrogens with zero attached hydrogens (tertiary/aromatic N) is 1. The number of hydrogen-bond donors (Lipinski definition) is 2.